The first-order valence-corrected chi connectivity index (χ1v) is 10.6. The van der Waals surface area contributed by atoms with Crippen molar-refractivity contribution in [1.82, 2.24) is 0 Å². The Labute approximate surface area is 179 Å². The highest BCUT2D eigenvalue weighted by atomic mass is 16.3. The molecule has 1 amide bonds. The van der Waals surface area contributed by atoms with Gasteiger partial charge in [0.1, 0.15) is 0 Å². The summed E-state index contributed by atoms with van der Waals surface area (Å²) in [6.07, 6.45) is 0. The Kier molecular flexibility index (Phi) is 6.16. The van der Waals surface area contributed by atoms with Gasteiger partial charge in [0, 0.05) is 11.6 Å². The van der Waals surface area contributed by atoms with Crippen LogP contribution in [0.1, 0.15) is 76.1 Å². The first kappa shape index (κ1) is 21.8. The van der Waals surface area contributed by atoms with E-state index in [-0.39, 0.29) is 17.3 Å². The molecular formula is C26H31NO3. The van der Waals surface area contributed by atoms with Crippen LogP contribution in [0.2, 0.25) is 0 Å². The monoisotopic (exact) mass is 405 g/mol. The van der Waals surface area contributed by atoms with Crippen molar-refractivity contribution in [1.29, 1.82) is 0 Å². The Balaban J connectivity index is 2.12. The number of hydrogen-bond acceptors (Lipinski definition) is 3. The van der Waals surface area contributed by atoms with E-state index in [0.717, 1.165) is 5.56 Å². The third-order valence-corrected chi connectivity index (χ3v) is 5.75. The highest BCUT2D eigenvalue weighted by Gasteiger charge is 2.44. The quantitative estimate of drug-likeness (QED) is 0.636. The molecule has 0 fully saturated rings. The third kappa shape index (κ3) is 3.91. The normalized spacial score (nSPS) is 17.0. The molecule has 2 aromatic rings. The number of aliphatic hydroxyl groups is 1. The maximum atomic E-state index is 13.1. The van der Waals surface area contributed by atoms with E-state index >= 15 is 0 Å². The Morgan fingerprint density at radius 2 is 1.30 bits per heavy atom. The number of benzene rings is 2. The van der Waals surface area contributed by atoms with Crippen molar-refractivity contribution >= 4 is 17.4 Å². The Hall–Kier alpha value is -2.88. The number of carbonyl (C=O) groups excluding carboxylic acids is 2. The van der Waals surface area contributed by atoms with Gasteiger partial charge >= 0.3 is 0 Å². The lowest BCUT2D eigenvalue weighted by Crippen LogP contribution is -2.31. The van der Waals surface area contributed by atoms with Crippen LogP contribution in [0.25, 0.3) is 0 Å². The number of hydrogen-bond donors (Lipinski definition) is 1. The van der Waals surface area contributed by atoms with E-state index in [2.05, 4.69) is 27.7 Å². The van der Waals surface area contributed by atoms with E-state index in [0.29, 0.717) is 17.5 Å². The predicted octanol–water partition coefficient (Wildman–Crippen LogP) is 6.06. The summed E-state index contributed by atoms with van der Waals surface area (Å²) in [5.74, 6) is -0.758. The Morgan fingerprint density at radius 1 is 0.833 bits per heavy atom. The fourth-order valence-electron chi connectivity index (χ4n) is 3.83. The van der Waals surface area contributed by atoms with Gasteiger partial charge in [0.25, 0.3) is 5.91 Å². The molecule has 158 valence electrons. The molecule has 1 atom stereocenters. The number of amides is 1. The number of ketones is 1. The summed E-state index contributed by atoms with van der Waals surface area (Å²) in [5.41, 5.74) is 4.01. The zero-order valence-corrected chi connectivity index (χ0v) is 18.6. The lowest BCUT2D eigenvalue weighted by molar-refractivity contribution is -0.119. The second kappa shape index (κ2) is 8.47. The SMILES string of the molecule is CC(C)C(=O)C1=C(O)C(=O)N(c2ccc(C(C)C)cc2)C1c1ccc(C(C)C)cc1. The molecular weight excluding hydrogens is 374 g/mol. The van der Waals surface area contributed by atoms with Crippen molar-refractivity contribution in [2.75, 3.05) is 4.90 Å². The molecule has 30 heavy (non-hydrogen) atoms. The standard InChI is InChI=1S/C26H31NO3/c1-15(2)18-7-9-20(10-8-18)23-22(24(28)17(5)6)25(29)26(30)27(23)21-13-11-19(12-14-21)16(3)4/h7-17,23,29H,1-6H3. The van der Waals surface area contributed by atoms with Crippen molar-refractivity contribution in [2.24, 2.45) is 5.92 Å². The predicted molar refractivity (Wildman–Crippen MR) is 121 cm³/mol. The van der Waals surface area contributed by atoms with Crippen LogP contribution in [0.3, 0.4) is 0 Å². The van der Waals surface area contributed by atoms with Gasteiger partial charge in [0.15, 0.2) is 11.5 Å². The maximum absolute atomic E-state index is 13.1. The maximum Gasteiger partial charge on any atom is 0.294 e. The van der Waals surface area contributed by atoms with Gasteiger partial charge in [-0.2, -0.15) is 0 Å². The van der Waals surface area contributed by atoms with Gasteiger partial charge in [-0.1, -0.05) is 77.9 Å². The summed E-state index contributed by atoms with van der Waals surface area (Å²) in [5, 5.41) is 10.7. The molecule has 1 aliphatic rings. The fourth-order valence-corrected chi connectivity index (χ4v) is 3.83. The van der Waals surface area contributed by atoms with Crippen LogP contribution in [-0.4, -0.2) is 16.8 Å². The average molecular weight is 406 g/mol. The second-order valence-electron chi connectivity index (χ2n) is 8.93. The Morgan fingerprint density at radius 3 is 1.73 bits per heavy atom. The van der Waals surface area contributed by atoms with Gasteiger partial charge in [-0.3, -0.25) is 14.5 Å². The number of nitrogens with zero attached hydrogens (tertiary/aromatic N) is 1. The minimum atomic E-state index is -0.640. The molecule has 1 N–H and O–H groups in total. The van der Waals surface area contributed by atoms with E-state index in [4.69, 9.17) is 0 Å². The first-order valence-electron chi connectivity index (χ1n) is 10.6. The van der Waals surface area contributed by atoms with E-state index in [9.17, 15) is 14.7 Å². The summed E-state index contributed by atoms with van der Waals surface area (Å²) < 4.78 is 0. The summed E-state index contributed by atoms with van der Waals surface area (Å²) in [4.78, 5) is 27.6. The third-order valence-electron chi connectivity index (χ3n) is 5.75. The van der Waals surface area contributed by atoms with Crippen molar-refractivity contribution in [3.8, 4) is 0 Å². The molecule has 0 aliphatic carbocycles. The largest absolute Gasteiger partial charge is 0.503 e. The van der Waals surface area contributed by atoms with Crippen molar-refractivity contribution in [2.45, 2.75) is 59.4 Å². The van der Waals surface area contributed by atoms with E-state index in [1.165, 1.54) is 11.1 Å². The molecule has 0 spiro atoms. The van der Waals surface area contributed by atoms with Crippen molar-refractivity contribution < 1.29 is 14.7 Å². The molecule has 2 aromatic carbocycles. The number of aliphatic hydroxyl groups excluding tert-OH is 1. The lowest BCUT2D eigenvalue weighted by Gasteiger charge is -2.28. The van der Waals surface area contributed by atoms with Crippen LogP contribution in [-0.2, 0) is 9.59 Å². The molecule has 0 aromatic heterocycles. The molecule has 4 heteroatoms. The molecule has 1 heterocycles. The molecule has 0 radical (unpaired) electrons. The van der Waals surface area contributed by atoms with Crippen LogP contribution in [0.4, 0.5) is 5.69 Å². The molecule has 4 nitrogen and oxygen atoms in total. The van der Waals surface area contributed by atoms with Crippen LogP contribution in [0, 0.1) is 5.92 Å². The minimum Gasteiger partial charge on any atom is -0.503 e. The molecule has 1 unspecified atom stereocenters. The summed E-state index contributed by atoms with van der Waals surface area (Å²) >= 11 is 0. The van der Waals surface area contributed by atoms with E-state index in [1.54, 1.807) is 18.7 Å². The highest BCUT2D eigenvalue weighted by molar-refractivity contribution is 6.16. The fraction of sp³-hybridized carbons (Fsp3) is 0.385. The topological polar surface area (TPSA) is 57.6 Å². The highest BCUT2D eigenvalue weighted by Crippen LogP contribution is 2.42. The number of rotatable bonds is 6. The van der Waals surface area contributed by atoms with Gasteiger partial charge in [0.2, 0.25) is 0 Å². The van der Waals surface area contributed by atoms with Crippen LogP contribution in [0.15, 0.2) is 59.9 Å². The Bertz CT molecular complexity index is 966. The second-order valence-corrected chi connectivity index (χ2v) is 8.93. The molecule has 0 bridgehead atoms. The number of anilines is 1. The van der Waals surface area contributed by atoms with Gasteiger partial charge in [-0.15, -0.1) is 0 Å². The smallest absolute Gasteiger partial charge is 0.294 e. The van der Waals surface area contributed by atoms with E-state index in [1.807, 2.05) is 48.5 Å². The molecule has 1 aliphatic heterocycles. The summed E-state index contributed by atoms with van der Waals surface area (Å²) in [6, 6.07) is 15.1. The van der Waals surface area contributed by atoms with Crippen molar-refractivity contribution in [3.05, 3.63) is 76.6 Å². The van der Waals surface area contributed by atoms with Crippen LogP contribution in [0.5, 0.6) is 0 Å². The zero-order chi connectivity index (χ0) is 22.2. The lowest BCUT2D eigenvalue weighted by atomic mass is 9.90. The zero-order valence-electron chi connectivity index (χ0n) is 18.6. The van der Waals surface area contributed by atoms with Crippen LogP contribution >= 0.6 is 0 Å². The number of Topliss-reactive ketones (excluding diaryl/α,β-unsaturated/α-hetero) is 1. The molecule has 0 saturated carbocycles. The minimum absolute atomic E-state index is 0.181. The van der Waals surface area contributed by atoms with Gasteiger partial charge in [0.05, 0.1) is 11.6 Å². The first-order chi connectivity index (χ1) is 14.1. The van der Waals surface area contributed by atoms with E-state index < -0.39 is 17.7 Å². The molecule has 0 saturated heterocycles. The van der Waals surface area contributed by atoms with Gasteiger partial charge in [-0.05, 0) is 40.7 Å². The van der Waals surface area contributed by atoms with Gasteiger partial charge < -0.3 is 5.11 Å². The van der Waals surface area contributed by atoms with Crippen molar-refractivity contribution in [3.63, 3.8) is 0 Å². The van der Waals surface area contributed by atoms with Crippen LogP contribution < -0.4 is 4.90 Å². The number of carbonyl (C=O) groups is 2. The van der Waals surface area contributed by atoms with Gasteiger partial charge in [-0.25, -0.2) is 0 Å². The summed E-state index contributed by atoms with van der Waals surface area (Å²) in [6.45, 7) is 12.0. The average Bonchev–Trinajstić information content (AvgIpc) is 2.98. The summed E-state index contributed by atoms with van der Waals surface area (Å²) in [7, 11) is 0. The molecule has 3 rings (SSSR count).